The van der Waals surface area contributed by atoms with Gasteiger partial charge in [-0.3, -0.25) is 0 Å². The molecule has 11 heavy (non-hydrogen) atoms. The highest BCUT2D eigenvalue weighted by molar-refractivity contribution is 5.35. The van der Waals surface area contributed by atoms with Gasteiger partial charge in [-0.2, -0.15) is 0 Å². The predicted octanol–water partition coefficient (Wildman–Crippen LogP) is 2.24. The Balaban J connectivity index is 2.32. The zero-order valence-corrected chi connectivity index (χ0v) is 7.30. The number of anilines is 1. The fourth-order valence-electron chi connectivity index (χ4n) is 1.04. The van der Waals surface area contributed by atoms with Crippen LogP contribution in [0.1, 0.15) is 19.8 Å². The van der Waals surface area contributed by atoms with Gasteiger partial charge in [-0.1, -0.05) is 13.3 Å². The summed E-state index contributed by atoms with van der Waals surface area (Å²) >= 11 is 0. The minimum atomic E-state index is 1.08. The molecule has 0 spiro atoms. The molecule has 2 nitrogen and oxygen atoms in total. The second-order valence-corrected chi connectivity index (χ2v) is 2.78. The third kappa shape index (κ3) is 2.30. The van der Waals surface area contributed by atoms with Crippen molar-refractivity contribution in [3.63, 3.8) is 0 Å². The van der Waals surface area contributed by atoms with Crippen molar-refractivity contribution in [3.05, 3.63) is 18.3 Å². The summed E-state index contributed by atoms with van der Waals surface area (Å²) < 4.78 is 2.09. The molecule has 0 radical (unpaired) electrons. The van der Waals surface area contributed by atoms with E-state index < -0.39 is 0 Å². The first-order valence-electron chi connectivity index (χ1n) is 4.20. The van der Waals surface area contributed by atoms with Gasteiger partial charge in [0.2, 0.25) is 0 Å². The standard InChI is InChI=1S/C9H16N2/c1-3-4-7-10-9-6-5-8-11(9)2/h5-6,8,10H,3-4,7H2,1-2H3. The molecule has 0 amide bonds. The fourth-order valence-corrected chi connectivity index (χ4v) is 1.04. The number of hydrogen-bond acceptors (Lipinski definition) is 1. The first-order chi connectivity index (χ1) is 5.34. The summed E-state index contributed by atoms with van der Waals surface area (Å²) in [5.41, 5.74) is 0. The molecule has 1 aromatic rings. The summed E-state index contributed by atoms with van der Waals surface area (Å²) in [5, 5.41) is 3.36. The lowest BCUT2D eigenvalue weighted by Crippen LogP contribution is -2.04. The van der Waals surface area contributed by atoms with E-state index in [0.717, 1.165) is 6.54 Å². The lowest BCUT2D eigenvalue weighted by Gasteiger charge is -2.05. The highest BCUT2D eigenvalue weighted by atomic mass is 15.1. The van der Waals surface area contributed by atoms with E-state index in [-0.39, 0.29) is 0 Å². The highest BCUT2D eigenvalue weighted by Gasteiger charge is 1.92. The maximum atomic E-state index is 3.36. The quantitative estimate of drug-likeness (QED) is 0.655. The van der Waals surface area contributed by atoms with Gasteiger partial charge in [0.15, 0.2) is 0 Å². The zero-order valence-electron chi connectivity index (χ0n) is 7.30. The van der Waals surface area contributed by atoms with E-state index in [4.69, 9.17) is 0 Å². The molecule has 1 heterocycles. The number of aryl methyl sites for hydroxylation is 1. The van der Waals surface area contributed by atoms with Crippen LogP contribution in [0.25, 0.3) is 0 Å². The molecular formula is C9H16N2. The van der Waals surface area contributed by atoms with Gasteiger partial charge in [0.1, 0.15) is 5.82 Å². The van der Waals surface area contributed by atoms with Crippen LogP contribution in [0.2, 0.25) is 0 Å². The molecule has 1 rings (SSSR count). The molecular weight excluding hydrogens is 136 g/mol. The van der Waals surface area contributed by atoms with Crippen molar-refractivity contribution < 1.29 is 0 Å². The molecule has 2 heteroatoms. The Bertz CT molecular complexity index is 203. The molecule has 62 valence electrons. The third-order valence-electron chi connectivity index (χ3n) is 1.78. The van der Waals surface area contributed by atoms with Crippen LogP contribution in [-0.4, -0.2) is 11.1 Å². The van der Waals surface area contributed by atoms with Gasteiger partial charge >= 0.3 is 0 Å². The summed E-state index contributed by atoms with van der Waals surface area (Å²) in [6.07, 6.45) is 4.54. The minimum Gasteiger partial charge on any atom is -0.371 e. The Hall–Kier alpha value is -0.920. The number of unbranched alkanes of at least 4 members (excludes halogenated alkanes) is 1. The van der Waals surface area contributed by atoms with Gasteiger partial charge in [-0.15, -0.1) is 0 Å². The molecule has 0 saturated heterocycles. The number of rotatable bonds is 4. The topological polar surface area (TPSA) is 17.0 Å². The van der Waals surface area contributed by atoms with Gasteiger partial charge < -0.3 is 9.88 Å². The van der Waals surface area contributed by atoms with Crippen molar-refractivity contribution in [3.8, 4) is 0 Å². The molecule has 0 aliphatic carbocycles. The Morgan fingerprint density at radius 3 is 2.91 bits per heavy atom. The SMILES string of the molecule is CCCCNc1cccn1C. The predicted molar refractivity (Wildman–Crippen MR) is 48.8 cm³/mol. The van der Waals surface area contributed by atoms with E-state index in [1.807, 2.05) is 19.3 Å². The zero-order chi connectivity index (χ0) is 8.10. The molecule has 0 bridgehead atoms. The molecule has 0 aromatic carbocycles. The molecule has 0 atom stereocenters. The number of hydrogen-bond donors (Lipinski definition) is 1. The van der Waals surface area contributed by atoms with Gasteiger partial charge in [0.25, 0.3) is 0 Å². The van der Waals surface area contributed by atoms with Gasteiger partial charge in [-0.25, -0.2) is 0 Å². The normalized spacial score (nSPS) is 10.0. The van der Waals surface area contributed by atoms with E-state index in [1.165, 1.54) is 18.7 Å². The monoisotopic (exact) mass is 152 g/mol. The molecule has 0 unspecified atom stereocenters. The Kier molecular flexibility index (Phi) is 3.02. The number of nitrogens with zero attached hydrogens (tertiary/aromatic N) is 1. The van der Waals surface area contributed by atoms with Crippen LogP contribution < -0.4 is 5.32 Å². The first-order valence-corrected chi connectivity index (χ1v) is 4.20. The second-order valence-electron chi connectivity index (χ2n) is 2.78. The molecule has 0 fully saturated rings. The molecule has 1 N–H and O–H groups in total. The molecule has 0 aliphatic heterocycles. The van der Waals surface area contributed by atoms with Crippen LogP contribution in [0.15, 0.2) is 18.3 Å². The van der Waals surface area contributed by atoms with Crippen LogP contribution >= 0.6 is 0 Å². The molecule has 1 aromatic heterocycles. The van der Waals surface area contributed by atoms with Crippen LogP contribution in [-0.2, 0) is 7.05 Å². The lowest BCUT2D eigenvalue weighted by molar-refractivity contribution is 0.818. The van der Waals surface area contributed by atoms with Crippen LogP contribution in [0.3, 0.4) is 0 Å². The third-order valence-corrected chi connectivity index (χ3v) is 1.78. The molecule has 0 aliphatic rings. The van der Waals surface area contributed by atoms with E-state index in [1.54, 1.807) is 0 Å². The van der Waals surface area contributed by atoms with Crippen molar-refractivity contribution >= 4 is 5.82 Å². The number of nitrogens with one attached hydrogen (secondary N) is 1. The number of aromatic nitrogens is 1. The van der Waals surface area contributed by atoms with Crippen molar-refractivity contribution in [1.82, 2.24) is 4.57 Å². The summed E-state index contributed by atoms with van der Waals surface area (Å²) in [4.78, 5) is 0. The van der Waals surface area contributed by atoms with Crippen molar-refractivity contribution in [2.75, 3.05) is 11.9 Å². The Labute approximate surface area is 68.2 Å². The van der Waals surface area contributed by atoms with E-state index in [2.05, 4.69) is 22.9 Å². The Morgan fingerprint density at radius 2 is 2.36 bits per heavy atom. The fraction of sp³-hybridized carbons (Fsp3) is 0.556. The van der Waals surface area contributed by atoms with Crippen molar-refractivity contribution in [2.24, 2.45) is 7.05 Å². The minimum absolute atomic E-state index is 1.08. The van der Waals surface area contributed by atoms with Gasteiger partial charge in [0.05, 0.1) is 0 Å². The maximum absolute atomic E-state index is 3.36. The van der Waals surface area contributed by atoms with Crippen LogP contribution in [0, 0.1) is 0 Å². The van der Waals surface area contributed by atoms with E-state index in [9.17, 15) is 0 Å². The summed E-state index contributed by atoms with van der Waals surface area (Å²) in [6.45, 7) is 3.28. The highest BCUT2D eigenvalue weighted by Crippen LogP contribution is 2.05. The van der Waals surface area contributed by atoms with Crippen LogP contribution in [0.4, 0.5) is 5.82 Å². The average molecular weight is 152 g/mol. The average Bonchev–Trinajstić information content (AvgIpc) is 2.37. The molecule has 0 saturated carbocycles. The lowest BCUT2D eigenvalue weighted by atomic mass is 10.3. The van der Waals surface area contributed by atoms with Crippen molar-refractivity contribution in [1.29, 1.82) is 0 Å². The van der Waals surface area contributed by atoms with E-state index >= 15 is 0 Å². The van der Waals surface area contributed by atoms with Gasteiger partial charge in [0, 0.05) is 19.8 Å². The first kappa shape index (κ1) is 8.18. The Morgan fingerprint density at radius 1 is 1.55 bits per heavy atom. The summed E-state index contributed by atoms with van der Waals surface area (Å²) in [6, 6.07) is 4.14. The van der Waals surface area contributed by atoms with E-state index in [0.29, 0.717) is 0 Å². The smallest absolute Gasteiger partial charge is 0.105 e. The maximum Gasteiger partial charge on any atom is 0.105 e. The van der Waals surface area contributed by atoms with Crippen molar-refractivity contribution in [2.45, 2.75) is 19.8 Å². The largest absolute Gasteiger partial charge is 0.371 e. The van der Waals surface area contributed by atoms with Gasteiger partial charge in [-0.05, 0) is 18.6 Å². The summed E-state index contributed by atoms with van der Waals surface area (Å²) in [5.74, 6) is 1.21. The van der Waals surface area contributed by atoms with Crippen LogP contribution in [0.5, 0.6) is 0 Å². The summed E-state index contributed by atoms with van der Waals surface area (Å²) in [7, 11) is 2.05. The second kappa shape index (κ2) is 4.06.